The lowest BCUT2D eigenvalue weighted by atomic mass is 10.2. The van der Waals surface area contributed by atoms with E-state index in [0.29, 0.717) is 37.4 Å². The Kier molecular flexibility index (Phi) is 4.75. The molecule has 0 radical (unpaired) electrons. The number of hydrogen-bond acceptors (Lipinski definition) is 5. The maximum atomic E-state index is 12.1. The van der Waals surface area contributed by atoms with E-state index >= 15 is 0 Å². The first-order valence-electron chi connectivity index (χ1n) is 8.33. The Hall–Kier alpha value is -2.61. The molecule has 134 valence electrons. The molecule has 0 saturated heterocycles. The molecule has 0 spiro atoms. The smallest absolute Gasteiger partial charge is 0.220 e. The third-order valence-electron chi connectivity index (χ3n) is 4.04. The van der Waals surface area contributed by atoms with Gasteiger partial charge < -0.3 is 19.8 Å². The number of rotatable bonds is 5. The summed E-state index contributed by atoms with van der Waals surface area (Å²) in [4.78, 5) is 23.9. The van der Waals surface area contributed by atoms with E-state index in [1.54, 1.807) is 6.20 Å². The maximum Gasteiger partial charge on any atom is 0.220 e. The van der Waals surface area contributed by atoms with Crippen molar-refractivity contribution in [1.29, 1.82) is 0 Å². The summed E-state index contributed by atoms with van der Waals surface area (Å²) in [5.74, 6) is 2.13. The zero-order chi connectivity index (χ0) is 17.9. The molecule has 7 nitrogen and oxygen atoms in total. The number of aryl methyl sites for hydroxylation is 1. The molecular formula is C18H17BrN4O3. The van der Waals surface area contributed by atoms with Gasteiger partial charge in [0.15, 0.2) is 17.1 Å². The highest BCUT2D eigenvalue weighted by Gasteiger charge is 2.21. The molecule has 0 fully saturated rings. The highest BCUT2D eigenvalue weighted by atomic mass is 79.9. The van der Waals surface area contributed by atoms with Crippen molar-refractivity contribution in [2.24, 2.45) is 0 Å². The molecule has 8 heteroatoms. The molecule has 3 aromatic rings. The third-order valence-corrected chi connectivity index (χ3v) is 4.47. The van der Waals surface area contributed by atoms with Crippen LogP contribution in [0.1, 0.15) is 12.2 Å². The van der Waals surface area contributed by atoms with Gasteiger partial charge in [-0.05, 0) is 34.1 Å². The van der Waals surface area contributed by atoms with Crippen molar-refractivity contribution in [2.75, 3.05) is 13.2 Å². The Morgan fingerprint density at radius 3 is 3.08 bits per heavy atom. The van der Waals surface area contributed by atoms with Crippen LogP contribution < -0.4 is 14.8 Å². The van der Waals surface area contributed by atoms with E-state index in [1.165, 1.54) is 0 Å². The van der Waals surface area contributed by atoms with Crippen molar-refractivity contribution in [3.05, 3.63) is 46.8 Å². The fourth-order valence-corrected chi connectivity index (χ4v) is 3.09. The van der Waals surface area contributed by atoms with Crippen molar-refractivity contribution in [3.8, 4) is 11.5 Å². The molecular weight excluding hydrogens is 400 g/mol. The summed E-state index contributed by atoms with van der Waals surface area (Å²) in [5.41, 5.74) is 1.50. The molecule has 1 atom stereocenters. The molecule has 1 aliphatic rings. The van der Waals surface area contributed by atoms with Crippen LogP contribution in [0.15, 0.2) is 41.0 Å². The normalized spacial score (nSPS) is 15.8. The third kappa shape index (κ3) is 3.80. The van der Waals surface area contributed by atoms with Gasteiger partial charge >= 0.3 is 0 Å². The first kappa shape index (κ1) is 16.8. The summed E-state index contributed by atoms with van der Waals surface area (Å²) >= 11 is 3.38. The van der Waals surface area contributed by atoms with Gasteiger partial charge in [0.1, 0.15) is 18.5 Å². The van der Waals surface area contributed by atoms with E-state index in [4.69, 9.17) is 9.47 Å². The maximum absolute atomic E-state index is 12.1. The second kappa shape index (κ2) is 7.33. The quantitative estimate of drug-likeness (QED) is 0.667. The van der Waals surface area contributed by atoms with Gasteiger partial charge in [0.25, 0.3) is 0 Å². The Labute approximate surface area is 158 Å². The summed E-state index contributed by atoms with van der Waals surface area (Å²) in [7, 11) is 0. The van der Waals surface area contributed by atoms with Gasteiger partial charge in [-0.25, -0.2) is 9.97 Å². The molecule has 2 aromatic heterocycles. The van der Waals surface area contributed by atoms with Crippen LogP contribution in [0, 0.1) is 0 Å². The standard InChI is InChI=1S/C18H17BrN4O3/c19-11-7-13-18(21-8-11)23-16(22-13)5-6-17(24)20-9-12-10-25-14-3-1-2-4-15(14)26-12/h1-4,7-8,12H,5-6,9-10H2,(H,20,24)(H,21,22,23)/t12-/m0/s1. The molecule has 0 aliphatic carbocycles. The summed E-state index contributed by atoms with van der Waals surface area (Å²) in [6.45, 7) is 0.823. The monoisotopic (exact) mass is 416 g/mol. The van der Waals surface area contributed by atoms with Gasteiger partial charge in [0.05, 0.1) is 12.1 Å². The number of hydrogen-bond donors (Lipinski definition) is 2. The number of para-hydroxylation sites is 2. The minimum Gasteiger partial charge on any atom is -0.486 e. The minimum atomic E-state index is -0.193. The Bertz CT molecular complexity index is 943. The molecule has 26 heavy (non-hydrogen) atoms. The highest BCUT2D eigenvalue weighted by Crippen LogP contribution is 2.30. The lowest BCUT2D eigenvalue weighted by molar-refractivity contribution is -0.121. The van der Waals surface area contributed by atoms with E-state index in [0.717, 1.165) is 21.6 Å². The van der Waals surface area contributed by atoms with Crippen LogP contribution in [0.4, 0.5) is 0 Å². The first-order chi connectivity index (χ1) is 12.7. The SMILES string of the molecule is O=C(CCc1nc2ncc(Br)cc2[nH]1)NC[C@H]1COc2ccccc2O1. The van der Waals surface area contributed by atoms with Crippen molar-refractivity contribution in [3.63, 3.8) is 0 Å². The van der Waals surface area contributed by atoms with Crippen LogP contribution >= 0.6 is 15.9 Å². The fraction of sp³-hybridized carbons (Fsp3) is 0.278. The number of aromatic nitrogens is 3. The van der Waals surface area contributed by atoms with E-state index in [2.05, 4.69) is 36.2 Å². The van der Waals surface area contributed by atoms with Crippen LogP contribution in [-0.4, -0.2) is 40.1 Å². The van der Waals surface area contributed by atoms with Crippen LogP contribution in [0.5, 0.6) is 11.5 Å². The zero-order valence-electron chi connectivity index (χ0n) is 13.9. The van der Waals surface area contributed by atoms with E-state index in [1.807, 2.05) is 30.3 Å². The van der Waals surface area contributed by atoms with Crippen LogP contribution in [0.3, 0.4) is 0 Å². The van der Waals surface area contributed by atoms with Crippen LogP contribution in [-0.2, 0) is 11.2 Å². The molecule has 1 amide bonds. The number of amides is 1. The number of benzene rings is 1. The van der Waals surface area contributed by atoms with Gasteiger partial charge in [0, 0.05) is 23.5 Å². The van der Waals surface area contributed by atoms with Crippen molar-refractivity contribution in [1.82, 2.24) is 20.3 Å². The number of carbonyl (C=O) groups is 1. The van der Waals surface area contributed by atoms with Gasteiger partial charge in [-0.2, -0.15) is 0 Å². The van der Waals surface area contributed by atoms with Gasteiger partial charge in [-0.15, -0.1) is 0 Å². The van der Waals surface area contributed by atoms with Crippen LogP contribution in [0.2, 0.25) is 0 Å². The molecule has 1 aromatic carbocycles. The second-order valence-electron chi connectivity index (χ2n) is 6.01. The predicted molar refractivity (Wildman–Crippen MR) is 99.3 cm³/mol. The molecule has 3 heterocycles. The highest BCUT2D eigenvalue weighted by molar-refractivity contribution is 9.10. The summed E-state index contributed by atoms with van der Waals surface area (Å²) in [5, 5.41) is 2.89. The number of halogens is 1. The fourth-order valence-electron chi connectivity index (χ4n) is 2.75. The van der Waals surface area contributed by atoms with Gasteiger partial charge in [0.2, 0.25) is 5.91 Å². The number of ether oxygens (including phenoxy) is 2. The Morgan fingerprint density at radius 2 is 2.19 bits per heavy atom. The molecule has 2 N–H and O–H groups in total. The topological polar surface area (TPSA) is 89.1 Å². The summed E-state index contributed by atoms with van der Waals surface area (Å²) in [6, 6.07) is 9.43. The Morgan fingerprint density at radius 1 is 1.35 bits per heavy atom. The number of nitrogens with one attached hydrogen (secondary N) is 2. The number of H-pyrrole nitrogens is 1. The first-order valence-corrected chi connectivity index (χ1v) is 9.12. The van der Waals surface area contributed by atoms with Gasteiger partial charge in [-0.1, -0.05) is 12.1 Å². The lowest BCUT2D eigenvalue weighted by Gasteiger charge is -2.26. The van der Waals surface area contributed by atoms with E-state index in [-0.39, 0.29) is 12.0 Å². The molecule has 0 bridgehead atoms. The Balaban J connectivity index is 1.26. The number of carbonyl (C=O) groups excluding carboxylic acids is 1. The summed E-state index contributed by atoms with van der Waals surface area (Å²) in [6.07, 6.45) is 2.36. The molecule has 4 rings (SSSR count). The summed E-state index contributed by atoms with van der Waals surface area (Å²) < 4.78 is 12.3. The van der Waals surface area contributed by atoms with Crippen molar-refractivity contribution < 1.29 is 14.3 Å². The number of aromatic amines is 1. The number of nitrogens with zero attached hydrogens (tertiary/aromatic N) is 2. The average Bonchev–Trinajstić information content (AvgIpc) is 3.06. The zero-order valence-corrected chi connectivity index (χ0v) is 15.5. The minimum absolute atomic E-state index is 0.0537. The number of pyridine rings is 1. The van der Waals surface area contributed by atoms with Crippen molar-refractivity contribution in [2.45, 2.75) is 18.9 Å². The van der Waals surface area contributed by atoms with Crippen molar-refractivity contribution >= 4 is 33.0 Å². The van der Waals surface area contributed by atoms with Gasteiger partial charge in [-0.3, -0.25) is 4.79 Å². The molecule has 0 saturated carbocycles. The number of imidazole rings is 1. The van der Waals surface area contributed by atoms with Crippen LogP contribution in [0.25, 0.3) is 11.2 Å². The average molecular weight is 417 g/mol. The lowest BCUT2D eigenvalue weighted by Crippen LogP contribution is -2.40. The van der Waals surface area contributed by atoms with E-state index in [9.17, 15) is 4.79 Å². The second-order valence-corrected chi connectivity index (χ2v) is 6.93. The number of fused-ring (bicyclic) bond motifs is 2. The molecule has 1 aliphatic heterocycles. The van der Waals surface area contributed by atoms with E-state index < -0.39 is 0 Å². The predicted octanol–water partition coefficient (Wildman–Crippen LogP) is 2.61. The largest absolute Gasteiger partial charge is 0.486 e. The molecule has 0 unspecified atom stereocenters.